The van der Waals surface area contributed by atoms with Gasteiger partial charge in [0.1, 0.15) is 0 Å². The molecule has 2 rings (SSSR count). The summed E-state index contributed by atoms with van der Waals surface area (Å²) in [5.74, 6) is -1.54. The average Bonchev–Trinajstić information content (AvgIpc) is 2.28. The van der Waals surface area contributed by atoms with Crippen molar-refractivity contribution in [1.82, 2.24) is 9.97 Å². The largest absolute Gasteiger partial charge is 0.436 e. The van der Waals surface area contributed by atoms with Crippen molar-refractivity contribution in [3.63, 3.8) is 0 Å². The molecule has 1 radical (unpaired) electrons. The molecule has 0 N–H and O–H groups in total. The van der Waals surface area contributed by atoms with Crippen molar-refractivity contribution < 1.29 is 17.6 Å². The van der Waals surface area contributed by atoms with Gasteiger partial charge in [-0.2, -0.15) is 13.2 Å². The van der Waals surface area contributed by atoms with Gasteiger partial charge in [0.2, 0.25) is 0 Å². The third-order valence-electron chi connectivity index (χ3n) is 2.16. The van der Waals surface area contributed by atoms with E-state index in [-0.39, 0.29) is 15.7 Å². The number of pyridine rings is 2. The van der Waals surface area contributed by atoms with E-state index in [0.717, 1.165) is 18.5 Å². The highest BCUT2D eigenvalue weighted by atomic mass is 35.5. The van der Waals surface area contributed by atoms with Gasteiger partial charge in [0.25, 0.3) is 0 Å². The fraction of sp³-hybridized carbons (Fsp3) is 0.0909. The Morgan fingerprint density at radius 1 is 1.16 bits per heavy atom. The summed E-state index contributed by atoms with van der Waals surface area (Å²) in [4.78, 5) is 6.68. The van der Waals surface area contributed by atoms with Crippen LogP contribution in [0.5, 0.6) is 0 Å². The Bertz CT molecular complexity index is 629. The van der Waals surface area contributed by atoms with Crippen LogP contribution in [0.2, 0.25) is 10.0 Å². The number of hydrogen-bond acceptors (Lipinski definition) is 2. The molecule has 8 heteroatoms. The lowest BCUT2D eigenvalue weighted by Gasteiger charge is -2.10. The first kappa shape index (κ1) is 14.0. The predicted octanol–water partition coefficient (Wildman–Crippen LogP) is 4.41. The van der Waals surface area contributed by atoms with Crippen molar-refractivity contribution in [1.29, 1.82) is 0 Å². The Morgan fingerprint density at radius 3 is 2.42 bits per heavy atom. The second-order valence-electron chi connectivity index (χ2n) is 3.41. The van der Waals surface area contributed by atoms with Crippen LogP contribution in [0.15, 0.2) is 18.5 Å². The standard InChI is InChI=1S/C11H3Cl2F4N2/c12-5-3-7(13)9(19-4-5)6-1-2-18-10(8(6)14)11(15,16)17/h1-2,4H. The topological polar surface area (TPSA) is 25.8 Å². The van der Waals surface area contributed by atoms with Gasteiger partial charge >= 0.3 is 6.18 Å². The van der Waals surface area contributed by atoms with E-state index in [4.69, 9.17) is 23.2 Å². The lowest BCUT2D eigenvalue weighted by molar-refractivity contribution is -0.143. The van der Waals surface area contributed by atoms with Crippen LogP contribution in [0, 0.1) is 11.9 Å². The van der Waals surface area contributed by atoms with Crippen LogP contribution in [-0.4, -0.2) is 9.97 Å². The van der Waals surface area contributed by atoms with Gasteiger partial charge in [-0.15, -0.1) is 0 Å². The summed E-state index contributed by atoms with van der Waals surface area (Å²) in [7, 11) is 0. The monoisotopic (exact) mass is 309 g/mol. The highest BCUT2D eigenvalue weighted by molar-refractivity contribution is 6.35. The smallest absolute Gasteiger partial charge is 0.253 e. The zero-order chi connectivity index (χ0) is 14.2. The van der Waals surface area contributed by atoms with Crippen LogP contribution in [0.25, 0.3) is 11.3 Å². The summed E-state index contributed by atoms with van der Waals surface area (Å²) < 4.78 is 51.4. The first-order chi connectivity index (χ1) is 8.80. The zero-order valence-corrected chi connectivity index (χ0v) is 10.4. The number of aromatic nitrogens is 2. The van der Waals surface area contributed by atoms with E-state index in [1.807, 2.05) is 0 Å². The fourth-order valence-electron chi connectivity index (χ4n) is 1.39. The number of hydrogen-bond donors (Lipinski definition) is 0. The fourth-order valence-corrected chi connectivity index (χ4v) is 1.83. The maximum Gasteiger partial charge on any atom is 0.436 e. The lowest BCUT2D eigenvalue weighted by Crippen LogP contribution is -2.11. The molecule has 99 valence electrons. The summed E-state index contributed by atoms with van der Waals surface area (Å²) in [6, 6.07) is 3.46. The molecule has 2 heterocycles. The highest BCUT2D eigenvalue weighted by Gasteiger charge is 2.37. The number of halogens is 6. The minimum absolute atomic E-state index is 0.0688. The molecule has 19 heavy (non-hydrogen) atoms. The lowest BCUT2D eigenvalue weighted by atomic mass is 10.1. The summed E-state index contributed by atoms with van der Waals surface area (Å²) in [6.07, 6.45) is -2.97. The molecule has 0 atom stereocenters. The van der Waals surface area contributed by atoms with Crippen molar-refractivity contribution in [2.75, 3.05) is 0 Å². The van der Waals surface area contributed by atoms with E-state index in [2.05, 4.69) is 16.0 Å². The first-order valence-corrected chi connectivity index (χ1v) is 5.51. The molecule has 0 aliphatic heterocycles. The molecule has 0 unspecified atom stereocenters. The van der Waals surface area contributed by atoms with Crippen LogP contribution in [-0.2, 0) is 6.18 Å². The number of nitrogens with zero attached hydrogens (tertiary/aromatic N) is 2. The van der Waals surface area contributed by atoms with Gasteiger partial charge in [0.15, 0.2) is 11.5 Å². The molecule has 0 fully saturated rings. The molecule has 0 spiro atoms. The van der Waals surface area contributed by atoms with E-state index >= 15 is 0 Å². The zero-order valence-electron chi connectivity index (χ0n) is 8.89. The summed E-state index contributed by atoms with van der Waals surface area (Å²) in [5, 5.41) is -0.106. The van der Waals surface area contributed by atoms with Gasteiger partial charge in [-0.05, 0) is 6.07 Å². The van der Waals surface area contributed by atoms with Crippen molar-refractivity contribution >= 4 is 23.2 Å². The quantitative estimate of drug-likeness (QED) is 0.729. The Hall–Kier alpha value is -1.40. The van der Waals surface area contributed by atoms with Gasteiger partial charge in [-0.25, -0.2) is 9.37 Å². The van der Waals surface area contributed by atoms with Crippen molar-refractivity contribution in [2.24, 2.45) is 0 Å². The maximum atomic E-state index is 13.8. The van der Waals surface area contributed by atoms with Gasteiger partial charge in [-0.3, -0.25) is 4.98 Å². The molecule has 0 bridgehead atoms. The highest BCUT2D eigenvalue weighted by Crippen LogP contribution is 2.35. The molecule has 2 aromatic heterocycles. The van der Waals surface area contributed by atoms with E-state index in [1.165, 1.54) is 0 Å². The van der Waals surface area contributed by atoms with E-state index in [0.29, 0.717) is 0 Å². The minimum atomic E-state index is -4.90. The van der Waals surface area contributed by atoms with Crippen LogP contribution < -0.4 is 0 Å². The molecule has 2 aromatic rings. The van der Waals surface area contributed by atoms with Crippen molar-refractivity contribution in [3.8, 4) is 11.3 Å². The summed E-state index contributed by atoms with van der Waals surface area (Å²) >= 11 is 11.3. The second-order valence-corrected chi connectivity index (χ2v) is 4.20. The molecule has 0 aliphatic carbocycles. The maximum absolute atomic E-state index is 13.8. The van der Waals surface area contributed by atoms with Crippen molar-refractivity contribution in [3.05, 3.63) is 46.1 Å². The van der Waals surface area contributed by atoms with Crippen molar-refractivity contribution in [2.45, 2.75) is 6.18 Å². The Labute approximate surface area is 115 Å². The SMILES string of the molecule is Fc1c(-c2ncc(Cl)[c]c2Cl)ccnc1C(F)(F)F. The molecule has 2 nitrogen and oxygen atoms in total. The van der Waals surface area contributed by atoms with Gasteiger partial charge in [0, 0.05) is 24.0 Å². The normalized spacial score (nSPS) is 11.7. The predicted molar refractivity (Wildman–Crippen MR) is 61.3 cm³/mol. The minimum Gasteiger partial charge on any atom is -0.253 e. The molecule has 0 saturated heterocycles. The Morgan fingerprint density at radius 2 is 1.84 bits per heavy atom. The number of alkyl halides is 3. The second kappa shape index (κ2) is 4.94. The first-order valence-electron chi connectivity index (χ1n) is 4.76. The average molecular weight is 310 g/mol. The molecule has 0 saturated carbocycles. The third kappa shape index (κ3) is 2.79. The molecule has 0 amide bonds. The Kier molecular flexibility index (Phi) is 3.64. The molecule has 0 aliphatic rings. The van der Waals surface area contributed by atoms with Crippen LogP contribution in [0.3, 0.4) is 0 Å². The third-order valence-corrected chi connectivity index (χ3v) is 2.62. The van der Waals surface area contributed by atoms with Gasteiger partial charge in [-0.1, -0.05) is 23.2 Å². The number of rotatable bonds is 1. The van der Waals surface area contributed by atoms with E-state index < -0.39 is 23.3 Å². The van der Waals surface area contributed by atoms with Crippen LogP contribution >= 0.6 is 23.2 Å². The van der Waals surface area contributed by atoms with E-state index in [1.54, 1.807) is 0 Å². The summed E-state index contributed by atoms with van der Waals surface area (Å²) in [5.41, 5.74) is -2.23. The molecular formula is C11H3Cl2F4N2. The summed E-state index contributed by atoms with van der Waals surface area (Å²) in [6.45, 7) is 0. The van der Waals surface area contributed by atoms with E-state index in [9.17, 15) is 17.6 Å². The molecular weight excluding hydrogens is 307 g/mol. The van der Waals surface area contributed by atoms with Crippen LogP contribution in [0.4, 0.5) is 17.6 Å². The molecule has 0 aromatic carbocycles. The van der Waals surface area contributed by atoms with Crippen LogP contribution in [0.1, 0.15) is 5.69 Å². The van der Waals surface area contributed by atoms with Gasteiger partial charge in [0.05, 0.1) is 15.7 Å². The Balaban J connectivity index is 2.64. The van der Waals surface area contributed by atoms with Gasteiger partial charge < -0.3 is 0 Å².